The summed E-state index contributed by atoms with van der Waals surface area (Å²) in [5, 5.41) is 2.84. The third-order valence-corrected chi connectivity index (χ3v) is 5.95. The van der Waals surface area contributed by atoms with Gasteiger partial charge in [0.25, 0.3) is 5.91 Å². The molecule has 1 heterocycles. The molecule has 0 aromatic heterocycles. The fourth-order valence-electron chi connectivity index (χ4n) is 2.85. The van der Waals surface area contributed by atoms with E-state index in [4.69, 9.17) is 4.74 Å². The number of hydrogen-bond acceptors (Lipinski definition) is 4. The van der Waals surface area contributed by atoms with E-state index in [1.807, 2.05) is 13.8 Å². The fraction of sp³-hybridized carbons (Fsp3) is 0.611. The molecule has 1 fully saturated rings. The first kappa shape index (κ1) is 19.9. The van der Waals surface area contributed by atoms with E-state index in [1.165, 1.54) is 16.4 Å². The Labute approximate surface area is 150 Å². The number of carbonyl (C=O) groups is 1. The van der Waals surface area contributed by atoms with Crippen molar-refractivity contribution in [2.45, 2.75) is 51.2 Å². The summed E-state index contributed by atoms with van der Waals surface area (Å²) in [5.74, 6) is 0.249. The maximum atomic E-state index is 12.9. The van der Waals surface area contributed by atoms with Gasteiger partial charge in [0.2, 0.25) is 10.0 Å². The first-order valence-electron chi connectivity index (χ1n) is 8.74. The van der Waals surface area contributed by atoms with Gasteiger partial charge in [0.15, 0.2) is 0 Å². The van der Waals surface area contributed by atoms with E-state index in [0.29, 0.717) is 31.1 Å². The van der Waals surface area contributed by atoms with Crippen LogP contribution in [0.2, 0.25) is 0 Å². The monoisotopic (exact) mass is 368 g/mol. The third kappa shape index (κ3) is 5.26. The van der Waals surface area contributed by atoms with Crippen molar-refractivity contribution < 1.29 is 17.9 Å². The summed E-state index contributed by atoms with van der Waals surface area (Å²) in [7, 11) is -3.64. The number of amides is 1. The zero-order valence-electron chi connectivity index (χ0n) is 15.4. The minimum Gasteiger partial charge on any atom is -0.373 e. The number of ether oxygens (including phenoxy) is 1. The highest BCUT2D eigenvalue weighted by molar-refractivity contribution is 7.89. The molecule has 1 N–H and O–H groups in total. The van der Waals surface area contributed by atoms with E-state index in [0.717, 1.165) is 6.42 Å². The Kier molecular flexibility index (Phi) is 6.59. The molecule has 1 saturated heterocycles. The van der Waals surface area contributed by atoms with Gasteiger partial charge >= 0.3 is 0 Å². The second kappa shape index (κ2) is 8.29. The summed E-state index contributed by atoms with van der Waals surface area (Å²) in [5.41, 5.74) is 0.360. The maximum absolute atomic E-state index is 12.9. The van der Waals surface area contributed by atoms with Crippen LogP contribution in [0.4, 0.5) is 0 Å². The topological polar surface area (TPSA) is 75.7 Å². The lowest BCUT2D eigenvalue weighted by Gasteiger charge is -2.34. The Bertz CT molecular complexity index is 693. The molecule has 0 spiro atoms. The number of morpholine rings is 1. The summed E-state index contributed by atoms with van der Waals surface area (Å²) in [6.45, 7) is 9.10. The average Bonchev–Trinajstić information content (AvgIpc) is 2.53. The highest BCUT2D eigenvalue weighted by Crippen LogP contribution is 2.22. The number of benzene rings is 1. The molecule has 7 heteroatoms. The molecule has 0 saturated carbocycles. The molecule has 1 aliphatic heterocycles. The second-order valence-corrected chi connectivity index (χ2v) is 8.98. The van der Waals surface area contributed by atoms with Crippen LogP contribution in [0, 0.1) is 5.92 Å². The van der Waals surface area contributed by atoms with Gasteiger partial charge in [0.1, 0.15) is 0 Å². The Balaban J connectivity index is 2.15. The van der Waals surface area contributed by atoms with Crippen LogP contribution < -0.4 is 5.32 Å². The van der Waals surface area contributed by atoms with E-state index in [-0.39, 0.29) is 23.0 Å². The largest absolute Gasteiger partial charge is 0.373 e. The Hall–Kier alpha value is -1.44. The van der Waals surface area contributed by atoms with Crippen molar-refractivity contribution in [2.24, 2.45) is 5.92 Å². The van der Waals surface area contributed by atoms with Crippen LogP contribution >= 0.6 is 0 Å². The molecular weight excluding hydrogens is 340 g/mol. The average molecular weight is 368 g/mol. The molecule has 0 unspecified atom stereocenters. The number of nitrogens with one attached hydrogen (secondary N) is 1. The molecule has 1 aliphatic rings. The zero-order valence-corrected chi connectivity index (χ0v) is 16.2. The van der Waals surface area contributed by atoms with E-state index in [1.54, 1.807) is 12.1 Å². The van der Waals surface area contributed by atoms with Crippen molar-refractivity contribution in [3.05, 3.63) is 29.8 Å². The molecule has 0 aliphatic carbocycles. The quantitative estimate of drug-likeness (QED) is 0.836. The fourth-order valence-corrected chi connectivity index (χ4v) is 4.49. The van der Waals surface area contributed by atoms with Crippen molar-refractivity contribution >= 4 is 15.9 Å². The van der Waals surface area contributed by atoms with Crippen LogP contribution in [-0.4, -0.2) is 50.5 Å². The van der Waals surface area contributed by atoms with Gasteiger partial charge in [-0.3, -0.25) is 4.79 Å². The van der Waals surface area contributed by atoms with Gasteiger partial charge in [-0.2, -0.15) is 4.31 Å². The number of sulfonamides is 1. The Morgan fingerprint density at radius 3 is 2.52 bits per heavy atom. The van der Waals surface area contributed by atoms with Crippen LogP contribution in [0.1, 0.15) is 44.5 Å². The third-order valence-electron chi connectivity index (χ3n) is 4.13. The zero-order chi connectivity index (χ0) is 18.6. The number of carbonyl (C=O) groups excluding carboxylic acids is 1. The minimum atomic E-state index is -3.64. The molecule has 0 radical (unpaired) electrons. The first-order chi connectivity index (χ1) is 11.7. The van der Waals surface area contributed by atoms with Crippen LogP contribution in [0.5, 0.6) is 0 Å². The van der Waals surface area contributed by atoms with E-state index < -0.39 is 10.0 Å². The molecule has 25 heavy (non-hydrogen) atoms. The van der Waals surface area contributed by atoms with Gasteiger partial charge in [-0.05, 0) is 44.4 Å². The van der Waals surface area contributed by atoms with Crippen molar-refractivity contribution in [2.75, 3.05) is 19.6 Å². The van der Waals surface area contributed by atoms with Gasteiger partial charge < -0.3 is 10.1 Å². The number of rotatable bonds is 6. The van der Waals surface area contributed by atoms with E-state index in [2.05, 4.69) is 19.2 Å². The molecule has 1 aromatic rings. The molecular formula is C18H28N2O4S. The van der Waals surface area contributed by atoms with Gasteiger partial charge in [-0.1, -0.05) is 19.9 Å². The standard InChI is InChI=1S/C18H28N2O4S/c1-13(2)8-9-19-18(21)16-6-5-7-17(10-16)25(22,23)20-11-14(3)24-15(4)12-20/h5-7,10,13-15H,8-9,11-12H2,1-4H3,(H,19,21)/t14-,15-/m1/s1. The molecule has 1 amide bonds. The van der Waals surface area contributed by atoms with Crippen molar-refractivity contribution in [3.8, 4) is 0 Å². The van der Waals surface area contributed by atoms with Crippen LogP contribution in [0.15, 0.2) is 29.2 Å². The minimum absolute atomic E-state index is 0.144. The van der Waals surface area contributed by atoms with Crippen molar-refractivity contribution in [3.63, 3.8) is 0 Å². The van der Waals surface area contributed by atoms with Gasteiger partial charge in [0, 0.05) is 25.2 Å². The van der Waals surface area contributed by atoms with Crippen molar-refractivity contribution in [1.29, 1.82) is 0 Å². The lowest BCUT2D eigenvalue weighted by atomic mass is 10.1. The number of nitrogens with zero attached hydrogens (tertiary/aromatic N) is 1. The molecule has 2 rings (SSSR count). The maximum Gasteiger partial charge on any atom is 0.251 e. The second-order valence-electron chi connectivity index (χ2n) is 7.05. The highest BCUT2D eigenvalue weighted by atomic mass is 32.2. The summed E-state index contributed by atoms with van der Waals surface area (Å²) in [6, 6.07) is 6.22. The van der Waals surface area contributed by atoms with Crippen LogP contribution in [0.3, 0.4) is 0 Å². The summed E-state index contributed by atoms with van der Waals surface area (Å²) >= 11 is 0. The van der Waals surface area contributed by atoms with E-state index in [9.17, 15) is 13.2 Å². The Morgan fingerprint density at radius 2 is 1.92 bits per heavy atom. The van der Waals surface area contributed by atoms with Crippen molar-refractivity contribution in [1.82, 2.24) is 9.62 Å². The van der Waals surface area contributed by atoms with Crippen LogP contribution in [0.25, 0.3) is 0 Å². The summed E-state index contributed by atoms with van der Waals surface area (Å²) < 4.78 is 32.8. The van der Waals surface area contributed by atoms with Crippen LogP contribution in [-0.2, 0) is 14.8 Å². The molecule has 2 atom stereocenters. The lowest BCUT2D eigenvalue weighted by Crippen LogP contribution is -2.48. The molecule has 140 valence electrons. The lowest BCUT2D eigenvalue weighted by molar-refractivity contribution is -0.0440. The molecule has 0 bridgehead atoms. The smallest absolute Gasteiger partial charge is 0.251 e. The molecule has 6 nitrogen and oxygen atoms in total. The normalized spacial score (nSPS) is 22.1. The number of hydrogen-bond donors (Lipinski definition) is 1. The van der Waals surface area contributed by atoms with Gasteiger partial charge in [-0.25, -0.2) is 8.42 Å². The predicted octanol–water partition coefficient (Wildman–Crippen LogP) is 2.26. The Morgan fingerprint density at radius 1 is 1.28 bits per heavy atom. The predicted molar refractivity (Wildman–Crippen MR) is 97.0 cm³/mol. The highest BCUT2D eigenvalue weighted by Gasteiger charge is 2.32. The SMILES string of the molecule is CC(C)CCNC(=O)c1cccc(S(=O)(=O)N2C[C@@H](C)O[C@H](C)C2)c1. The van der Waals surface area contributed by atoms with Gasteiger partial charge in [0.05, 0.1) is 17.1 Å². The summed E-state index contributed by atoms with van der Waals surface area (Å²) in [6.07, 6.45) is 0.579. The van der Waals surface area contributed by atoms with Gasteiger partial charge in [-0.15, -0.1) is 0 Å². The molecule has 1 aromatic carbocycles. The first-order valence-corrected chi connectivity index (χ1v) is 10.2. The van der Waals surface area contributed by atoms with E-state index >= 15 is 0 Å². The summed E-state index contributed by atoms with van der Waals surface area (Å²) in [4.78, 5) is 12.4.